The van der Waals surface area contributed by atoms with E-state index in [1.54, 1.807) is 12.1 Å². The molecule has 3 aromatic carbocycles. The molecule has 0 saturated carbocycles. The van der Waals surface area contributed by atoms with Crippen LogP contribution in [0.5, 0.6) is 5.75 Å². The Morgan fingerprint density at radius 2 is 1.32 bits per heavy atom. The van der Waals surface area contributed by atoms with Crippen LogP contribution in [0.3, 0.4) is 0 Å². The van der Waals surface area contributed by atoms with Crippen molar-refractivity contribution in [3.05, 3.63) is 102 Å². The topological polar surface area (TPSA) is 114 Å². The second-order valence-corrected chi connectivity index (χ2v) is 9.09. The fourth-order valence-electron chi connectivity index (χ4n) is 3.75. The predicted molar refractivity (Wildman–Crippen MR) is 143 cm³/mol. The van der Waals surface area contributed by atoms with Gasteiger partial charge in [-0.2, -0.15) is 0 Å². The van der Waals surface area contributed by atoms with Gasteiger partial charge < -0.3 is 25.2 Å². The number of rotatable bonds is 12. The van der Waals surface area contributed by atoms with E-state index in [2.05, 4.69) is 10.6 Å². The molecule has 3 rings (SSSR count). The molecule has 0 aromatic heterocycles. The van der Waals surface area contributed by atoms with Crippen molar-refractivity contribution in [2.24, 2.45) is 5.92 Å². The monoisotopic (exact) mass is 518 g/mol. The number of benzene rings is 3. The molecule has 0 saturated heterocycles. The van der Waals surface area contributed by atoms with E-state index in [9.17, 15) is 19.5 Å². The highest BCUT2D eigenvalue weighted by molar-refractivity contribution is 5.90. The van der Waals surface area contributed by atoms with Gasteiger partial charge in [-0.1, -0.05) is 93.1 Å². The van der Waals surface area contributed by atoms with Crippen LogP contribution < -0.4 is 10.6 Å². The largest absolute Gasteiger partial charge is 0.508 e. The molecule has 0 bridgehead atoms. The summed E-state index contributed by atoms with van der Waals surface area (Å²) in [6.07, 6.45) is 0.0275. The summed E-state index contributed by atoms with van der Waals surface area (Å²) >= 11 is 0. The Morgan fingerprint density at radius 1 is 0.763 bits per heavy atom. The maximum absolute atomic E-state index is 13.4. The summed E-state index contributed by atoms with van der Waals surface area (Å²) in [7, 11) is 0. The van der Waals surface area contributed by atoms with E-state index in [0.29, 0.717) is 6.42 Å². The number of amides is 2. The predicted octanol–water partition coefficient (Wildman–Crippen LogP) is 4.50. The molecule has 0 unspecified atom stereocenters. The molecule has 8 nitrogen and oxygen atoms in total. The van der Waals surface area contributed by atoms with Gasteiger partial charge in [-0.3, -0.25) is 4.79 Å². The van der Waals surface area contributed by atoms with Gasteiger partial charge in [0.2, 0.25) is 5.91 Å². The number of phenols is 1. The first kappa shape index (κ1) is 28.2. The zero-order chi connectivity index (χ0) is 27.3. The Balaban J connectivity index is 1.69. The molecule has 3 N–H and O–H groups in total. The third kappa shape index (κ3) is 8.96. The van der Waals surface area contributed by atoms with Crippen LogP contribution in [-0.4, -0.2) is 35.2 Å². The van der Waals surface area contributed by atoms with Crippen LogP contribution in [0.2, 0.25) is 0 Å². The van der Waals surface area contributed by atoms with Gasteiger partial charge in [0.15, 0.2) is 0 Å². The highest BCUT2D eigenvalue weighted by Gasteiger charge is 2.31. The second kappa shape index (κ2) is 14.4. The number of esters is 1. The fraction of sp³-hybridized carbons (Fsp3) is 0.300. The summed E-state index contributed by atoms with van der Waals surface area (Å²) in [5, 5.41) is 15.0. The highest BCUT2D eigenvalue weighted by Crippen LogP contribution is 2.14. The standard InChI is InChI=1S/C30H34N2O6/c1-3-21(2)27(32-30(36)38-20-24-12-8-5-9-13-24)28(34)31-26(18-22-14-16-25(33)17-15-22)29(35)37-19-23-10-6-4-7-11-23/h4-17,21,26-27,33H,3,18-20H2,1-2H3,(H,31,34)(H,32,36)/t21-,26+,27-/m0/s1. The lowest BCUT2D eigenvalue weighted by Gasteiger charge is -2.26. The van der Waals surface area contributed by atoms with Crippen molar-refractivity contribution >= 4 is 18.0 Å². The van der Waals surface area contributed by atoms with Gasteiger partial charge >= 0.3 is 12.1 Å². The summed E-state index contributed by atoms with van der Waals surface area (Å²) in [5.74, 6) is -1.26. The number of aromatic hydroxyl groups is 1. The van der Waals surface area contributed by atoms with Crippen LogP contribution in [-0.2, 0) is 38.7 Å². The molecular weight excluding hydrogens is 484 g/mol. The highest BCUT2D eigenvalue weighted by atomic mass is 16.5. The zero-order valence-electron chi connectivity index (χ0n) is 21.6. The Labute approximate surface area is 223 Å². The number of hydrogen-bond donors (Lipinski definition) is 3. The summed E-state index contributed by atoms with van der Waals surface area (Å²) < 4.78 is 10.8. The van der Waals surface area contributed by atoms with Gasteiger partial charge in [-0.25, -0.2) is 9.59 Å². The number of ether oxygens (including phenoxy) is 2. The number of carbonyl (C=O) groups excluding carboxylic acids is 3. The normalized spacial score (nSPS) is 13.0. The van der Waals surface area contributed by atoms with Crippen molar-refractivity contribution in [2.45, 2.75) is 52.0 Å². The van der Waals surface area contributed by atoms with Gasteiger partial charge in [0.25, 0.3) is 0 Å². The van der Waals surface area contributed by atoms with E-state index >= 15 is 0 Å². The number of alkyl carbamates (subject to hydrolysis) is 1. The lowest BCUT2D eigenvalue weighted by Crippen LogP contribution is -2.54. The van der Waals surface area contributed by atoms with E-state index < -0.39 is 30.1 Å². The minimum Gasteiger partial charge on any atom is -0.508 e. The zero-order valence-corrected chi connectivity index (χ0v) is 21.6. The van der Waals surface area contributed by atoms with Crippen LogP contribution in [0, 0.1) is 5.92 Å². The van der Waals surface area contributed by atoms with Crippen molar-refractivity contribution in [2.75, 3.05) is 0 Å². The number of hydrogen-bond acceptors (Lipinski definition) is 6. The maximum Gasteiger partial charge on any atom is 0.408 e. The van der Waals surface area contributed by atoms with Gasteiger partial charge in [-0.05, 0) is 34.7 Å². The quantitative estimate of drug-likeness (QED) is 0.304. The average molecular weight is 519 g/mol. The molecule has 0 aliphatic carbocycles. The number of phenolic OH excluding ortho intramolecular Hbond substituents is 1. The van der Waals surface area contributed by atoms with Crippen LogP contribution in [0.25, 0.3) is 0 Å². The number of carbonyl (C=O) groups is 3. The summed E-state index contributed by atoms with van der Waals surface area (Å²) in [6.45, 7) is 3.87. The minimum atomic E-state index is -1.01. The molecule has 2 amide bonds. The van der Waals surface area contributed by atoms with Crippen molar-refractivity contribution < 1.29 is 29.0 Å². The van der Waals surface area contributed by atoms with E-state index in [0.717, 1.165) is 16.7 Å². The Hall–Kier alpha value is -4.33. The summed E-state index contributed by atoms with van der Waals surface area (Å²) in [4.78, 5) is 39.0. The van der Waals surface area contributed by atoms with Gasteiger partial charge in [-0.15, -0.1) is 0 Å². The SMILES string of the molecule is CC[C@H](C)[C@H](NC(=O)OCc1ccccc1)C(=O)N[C@H](Cc1ccc(O)cc1)C(=O)OCc1ccccc1. The van der Waals surface area contributed by atoms with Crippen molar-refractivity contribution in [3.63, 3.8) is 0 Å². The summed E-state index contributed by atoms with van der Waals surface area (Å²) in [6, 6.07) is 22.9. The molecular formula is C30H34N2O6. The molecule has 3 aromatic rings. The average Bonchev–Trinajstić information content (AvgIpc) is 2.95. The Bertz CT molecular complexity index is 1170. The number of nitrogens with one attached hydrogen (secondary N) is 2. The van der Waals surface area contributed by atoms with E-state index in [1.807, 2.05) is 74.5 Å². The summed E-state index contributed by atoms with van der Waals surface area (Å²) in [5.41, 5.74) is 2.36. The first-order valence-corrected chi connectivity index (χ1v) is 12.6. The lowest BCUT2D eigenvalue weighted by atomic mass is 9.97. The smallest absolute Gasteiger partial charge is 0.408 e. The van der Waals surface area contributed by atoms with Crippen LogP contribution in [0.1, 0.15) is 37.0 Å². The first-order valence-electron chi connectivity index (χ1n) is 12.6. The molecule has 8 heteroatoms. The van der Waals surface area contributed by atoms with Crippen molar-refractivity contribution in [1.29, 1.82) is 0 Å². The molecule has 38 heavy (non-hydrogen) atoms. The molecule has 0 spiro atoms. The second-order valence-electron chi connectivity index (χ2n) is 9.09. The third-order valence-electron chi connectivity index (χ3n) is 6.18. The molecule has 0 aliphatic rings. The first-order chi connectivity index (χ1) is 18.4. The van der Waals surface area contributed by atoms with E-state index in [-0.39, 0.29) is 31.3 Å². The Morgan fingerprint density at radius 3 is 1.87 bits per heavy atom. The molecule has 0 radical (unpaired) electrons. The minimum absolute atomic E-state index is 0.0560. The van der Waals surface area contributed by atoms with Crippen LogP contribution >= 0.6 is 0 Å². The van der Waals surface area contributed by atoms with Gasteiger partial charge in [0, 0.05) is 6.42 Å². The molecule has 0 heterocycles. The Kier molecular flexibility index (Phi) is 10.7. The van der Waals surface area contributed by atoms with Gasteiger partial charge in [0.1, 0.15) is 31.0 Å². The molecule has 200 valence electrons. The molecule has 3 atom stereocenters. The van der Waals surface area contributed by atoms with Crippen LogP contribution in [0.4, 0.5) is 4.79 Å². The fourth-order valence-corrected chi connectivity index (χ4v) is 3.75. The van der Waals surface area contributed by atoms with Crippen LogP contribution in [0.15, 0.2) is 84.9 Å². The maximum atomic E-state index is 13.4. The van der Waals surface area contributed by atoms with Crippen molar-refractivity contribution in [3.8, 4) is 5.75 Å². The van der Waals surface area contributed by atoms with E-state index in [4.69, 9.17) is 9.47 Å². The molecule has 0 aliphatic heterocycles. The third-order valence-corrected chi connectivity index (χ3v) is 6.18. The van der Waals surface area contributed by atoms with E-state index in [1.165, 1.54) is 12.1 Å². The van der Waals surface area contributed by atoms with Crippen molar-refractivity contribution in [1.82, 2.24) is 10.6 Å². The van der Waals surface area contributed by atoms with Gasteiger partial charge in [0.05, 0.1) is 0 Å². The molecule has 0 fully saturated rings. The lowest BCUT2D eigenvalue weighted by molar-refractivity contribution is -0.149.